The summed E-state index contributed by atoms with van der Waals surface area (Å²) in [7, 11) is 0. The lowest BCUT2D eigenvalue weighted by Gasteiger charge is -2.28. The maximum atomic E-state index is 5.34. The second kappa shape index (κ2) is 12.4. The molecular formula is C52H34N2S. The molecule has 0 N–H and O–H groups in total. The Morgan fingerprint density at radius 2 is 0.964 bits per heavy atom. The highest BCUT2D eigenvalue weighted by Gasteiger charge is 2.40. The van der Waals surface area contributed by atoms with Gasteiger partial charge in [-0.2, -0.15) is 0 Å². The lowest BCUT2D eigenvalue weighted by molar-refractivity contribution is 0.714. The predicted octanol–water partition coefficient (Wildman–Crippen LogP) is 14.0. The van der Waals surface area contributed by atoms with Crippen molar-refractivity contribution in [1.29, 1.82) is 0 Å². The number of fused-ring (bicyclic) bond motifs is 7. The van der Waals surface area contributed by atoms with Gasteiger partial charge in [0.2, 0.25) is 0 Å². The smallest absolute Gasteiger partial charge is 0.161 e. The van der Waals surface area contributed by atoms with E-state index in [1.54, 1.807) is 0 Å². The molecule has 258 valence electrons. The van der Waals surface area contributed by atoms with E-state index in [4.69, 9.17) is 9.97 Å². The van der Waals surface area contributed by atoms with E-state index in [0.717, 1.165) is 39.3 Å². The molecular weight excluding hydrogens is 685 g/mol. The number of thiophene rings is 1. The zero-order valence-corrected chi connectivity index (χ0v) is 31.0. The zero-order chi connectivity index (χ0) is 36.5. The van der Waals surface area contributed by atoms with E-state index in [1.807, 2.05) is 11.3 Å². The molecule has 0 aliphatic heterocycles. The first kappa shape index (κ1) is 31.8. The molecule has 2 heterocycles. The Bertz CT molecular complexity index is 3110. The maximum Gasteiger partial charge on any atom is 0.161 e. The van der Waals surface area contributed by atoms with E-state index in [0.29, 0.717) is 0 Å². The lowest BCUT2D eigenvalue weighted by Crippen LogP contribution is -2.22. The van der Waals surface area contributed by atoms with E-state index in [1.165, 1.54) is 64.5 Å². The Hall–Kier alpha value is -6.68. The van der Waals surface area contributed by atoms with Crippen LogP contribution in [0.5, 0.6) is 0 Å². The SMILES string of the molecule is CC1(c2ccccc2)c2ccccc2-c2ccc(-c3ccc(-c4nc(-c5ccccc5)cc(-c5ccc6sc7ccccc7c6c5)n4)c4ccccc34)cc21. The average Bonchev–Trinajstić information content (AvgIpc) is 3.76. The third-order valence-corrected chi connectivity index (χ3v) is 12.8. The minimum atomic E-state index is -0.265. The largest absolute Gasteiger partial charge is 0.228 e. The molecule has 11 rings (SSSR count). The van der Waals surface area contributed by atoms with Gasteiger partial charge < -0.3 is 0 Å². The fourth-order valence-corrected chi connectivity index (χ4v) is 9.93. The van der Waals surface area contributed by atoms with Crippen molar-refractivity contribution in [3.05, 3.63) is 205 Å². The van der Waals surface area contributed by atoms with Gasteiger partial charge in [-0.15, -0.1) is 11.3 Å². The Balaban J connectivity index is 1.08. The van der Waals surface area contributed by atoms with Gasteiger partial charge in [-0.1, -0.05) is 152 Å². The third kappa shape index (κ3) is 5.01. The average molecular weight is 719 g/mol. The van der Waals surface area contributed by atoms with Crippen LogP contribution in [0.25, 0.3) is 87.1 Å². The highest BCUT2D eigenvalue weighted by Crippen LogP contribution is 2.53. The molecule has 8 aromatic carbocycles. The summed E-state index contributed by atoms with van der Waals surface area (Å²) < 4.78 is 2.58. The summed E-state index contributed by atoms with van der Waals surface area (Å²) in [5.74, 6) is 0.718. The van der Waals surface area contributed by atoms with Crippen molar-refractivity contribution < 1.29 is 0 Å². The summed E-state index contributed by atoms with van der Waals surface area (Å²) in [6, 6.07) is 68.1. The van der Waals surface area contributed by atoms with Gasteiger partial charge in [0.1, 0.15) is 0 Å². The number of hydrogen-bond acceptors (Lipinski definition) is 3. The molecule has 0 bridgehead atoms. The van der Waals surface area contributed by atoms with Crippen molar-refractivity contribution >= 4 is 42.3 Å². The summed E-state index contributed by atoms with van der Waals surface area (Å²) >= 11 is 1.84. The van der Waals surface area contributed by atoms with Gasteiger partial charge in [0.25, 0.3) is 0 Å². The molecule has 0 spiro atoms. The molecule has 2 aromatic heterocycles. The van der Waals surface area contributed by atoms with Gasteiger partial charge in [-0.25, -0.2) is 9.97 Å². The first-order chi connectivity index (χ1) is 27.1. The number of hydrogen-bond donors (Lipinski definition) is 0. The molecule has 10 aromatic rings. The first-order valence-corrected chi connectivity index (χ1v) is 19.6. The molecule has 1 aliphatic carbocycles. The molecule has 1 atom stereocenters. The van der Waals surface area contributed by atoms with E-state index in [-0.39, 0.29) is 5.41 Å². The van der Waals surface area contributed by atoms with Crippen LogP contribution in [0.15, 0.2) is 188 Å². The Morgan fingerprint density at radius 1 is 0.382 bits per heavy atom. The molecule has 3 heteroatoms. The fourth-order valence-electron chi connectivity index (χ4n) is 8.85. The van der Waals surface area contributed by atoms with Crippen molar-refractivity contribution in [3.8, 4) is 56.2 Å². The van der Waals surface area contributed by atoms with Crippen LogP contribution in [-0.2, 0) is 5.41 Å². The third-order valence-electron chi connectivity index (χ3n) is 11.6. The van der Waals surface area contributed by atoms with Crippen molar-refractivity contribution in [1.82, 2.24) is 9.97 Å². The summed E-state index contributed by atoms with van der Waals surface area (Å²) in [5, 5.41) is 4.85. The highest BCUT2D eigenvalue weighted by atomic mass is 32.1. The van der Waals surface area contributed by atoms with Crippen LogP contribution in [0.2, 0.25) is 0 Å². The standard InChI is InChI=1S/C52H34N2S/c1-52(36-16-6-3-7-17-36)45-22-12-10-20-40(45)41-26-24-34(31-46(41)52)37-27-28-43(39-19-9-8-18-38(37)39)51-53-47(33-14-4-2-5-15-33)32-48(54-51)35-25-29-50-44(30-35)42-21-11-13-23-49(42)55-50/h2-32H,1H3. The van der Waals surface area contributed by atoms with Crippen LogP contribution in [0, 0.1) is 0 Å². The van der Waals surface area contributed by atoms with Crippen molar-refractivity contribution in [2.45, 2.75) is 12.3 Å². The normalized spacial score (nSPS) is 14.7. The second-order valence-corrected chi connectivity index (χ2v) is 15.7. The maximum absolute atomic E-state index is 5.34. The summed E-state index contributed by atoms with van der Waals surface area (Å²) in [5.41, 5.74) is 13.7. The van der Waals surface area contributed by atoms with Gasteiger partial charge in [0.05, 0.1) is 11.4 Å². The summed E-state index contributed by atoms with van der Waals surface area (Å²) in [6.45, 7) is 2.38. The Kier molecular flexibility index (Phi) is 7.20. The number of benzene rings is 8. The second-order valence-electron chi connectivity index (χ2n) is 14.6. The Labute approximate surface area is 324 Å². The monoisotopic (exact) mass is 718 g/mol. The lowest BCUT2D eigenvalue weighted by atomic mass is 9.74. The number of aromatic nitrogens is 2. The fraction of sp³-hybridized carbons (Fsp3) is 0.0385. The topological polar surface area (TPSA) is 25.8 Å². The van der Waals surface area contributed by atoms with Gasteiger partial charge in [0, 0.05) is 42.3 Å². The molecule has 0 amide bonds. The number of rotatable bonds is 5. The first-order valence-electron chi connectivity index (χ1n) is 18.8. The van der Waals surface area contributed by atoms with E-state index in [2.05, 4.69) is 195 Å². The molecule has 0 saturated carbocycles. The zero-order valence-electron chi connectivity index (χ0n) is 30.2. The van der Waals surface area contributed by atoms with E-state index < -0.39 is 0 Å². The molecule has 0 saturated heterocycles. The van der Waals surface area contributed by atoms with Gasteiger partial charge >= 0.3 is 0 Å². The van der Waals surface area contributed by atoms with E-state index in [9.17, 15) is 0 Å². The van der Waals surface area contributed by atoms with Crippen molar-refractivity contribution in [3.63, 3.8) is 0 Å². The van der Waals surface area contributed by atoms with Gasteiger partial charge in [-0.05, 0) is 93.0 Å². The molecule has 0 fully saturated rings. The Morgan fingerprint density at radius 3 is 1.78 bits per heavy atom. The van der Waals surface area contributed by atoms with Gasteiger partial charge in [0.15, 0.2) is 5.82 Å². The van der Waals surface area contributed by atoms with Crippen molar-refractivity contribution in [2.24, 2.45) is 0 Å². The van der Waals surface area contributed by atoms with Crippen LogP contribution >= 0.6 is 11.3 Å². The van der Waals surface area contributed by atoms with Gasteiger partial charge in [-0.3, -0.25) is 0 Å². The van der Waals surface area contributed by atoms with Crippen LogP contribution in [-0.4, -0.2) is 9.97 Å². The predicted molar refractivity (Wildman–Crippen MR) is 232 cm³/mol. The number of nitrogens with zero attached hydrogens (tertiary/aromatic N) is 2. The quantitative estimate of drug-likeness (QED) is 0.177. The molecule has 55 heavy (non-hydrogen) atoms. The molecule has 2 nitrogen and oxygen atoms in total. The van der Waals surface area contributed by atoms with E-state index >= 15 is 0 Å². The van der Waals surface area contributed by atoms with Crippen LogP contribution in [0.3, 0.4) is 0 Å². The molecule has 1 aliphatic rings. The van der Waals surface area contributed by atoms with Crippen LogP contribution in [0.1, 0.15) is 23.6 Å². The van der Waals surface area contributed by atoms with Crippen molar-refractivity contribution in [2.75, 3.05) is 0 Å². The van der Waals surface area contributed by atoms with Crippen LogP contribution in [0.4, 0.5) is 0 Å². The highest BCUT2D eigenvalue weighted by molar-refractivity contribution is 7.25. The molecule has 0 radical (unpaired) electrons. The van der Waals surface area contributed by atoms with Crippen LogP contribution < -0.4 is 0 Å². The summed E-state index contributed by atoms with van der Waals surface area (Å²) in [4.78, 5) is 10.6. The minimum Gasteiger partial charge on any atom is -0.228 e. The molecule has 1 unspecified atom stereocenters. The minimum absolute atomic E-state index is 0.265. The summed E-state index contributed by atoms with van der Waals surface area (Å²) in [6.07, 6.45) is 0.